The van der Waals surface area contributed by atoms with Crippen molar-refractivity contribution in [1.29, 1.82) is 0 Å². The maximum atomic E-state index is 13.4. The van der Waals surface area contributed by atoms with E-state index in [4.69, 9.17) is 9.94 Å². The zero-order valence-corrected chi connectivity index (χ0v) is 18.1. The van der Waals surface area contributed by atoms with Crippen molar-refractivity contribution >= 4 is 31.9 Å². The molecule has 0 saturated carbocycles. The molecule has 0 aromatic heterocycles. The van der Waals surface area contributed by atoms with Crippen molar-refractivity contribution in [2.45, 2.75) is 36.5 Å². The number of aliphatic hydroxyl groups is 1. The maximum Gasteiger partial charge on any atom is 0.261 e. The molecule has 2 aromatic rings. The van der Waals surface area contributed by atoms with E-state index in [1.54, 1.807) is 6.07 Å². The van der Waals surface area contributed by atoms with Gasteiger partial charge in [0.05, 0.1) is 11.0 Å². The minimum absolute atomic E-state index is 0.0709. The summed E-state index contributed by atoms with van der Waals surface area (Å²) < 4.78 is 46.5. The van der Waals surface area contributed by atoms with E-state index in [0.29, 0.717) is 15.8 Å². The molecule has 8 nitrogen and oxygen atoms in total. The van der Waals surface area contributed by atoms with Crippen LogP contribution >= 0.6 is 15.9 Å². The molecular formula is C19H20BrFN2O6S. The van der Waals surface area contributed by atoms with Gasteiger partial charge < -0.3 is 9.84 Å². The van der Waals surface area contributed by atoms with Gasteiger partial charge in [-0.25, -0.2) is 18.3 Å². The van der Waals surface area contributed by atoms with Crippen LogP contribution in [-0.4, -0.2) is 47.6 Å². The number of carbonyl (C=O) groups is 1. The lowest BCUT2D eigenvalue weighted by molar-refractivity contribution is -0.135. The number of hydrogen-bond acceptors (Lipinski definition) is 6. The summed E-state index contributed by atoms with van der Waals surface area (Å²) in [4.78, 5) is 11.8. The zero-order chi connectivity index (χ0) is 21.9. The molecule has 1 fully saturated rings. The second-order valence-electron chi connectivity index (χ2n) is 6.79. The summed E-state index contributed by atoms with van der Waals surface area (Å²) in [5.41, 5.74) is 2.07. The largest absolute Gasteiger partial charge is 0.489 e. The number of amides is 1. The van der Waals surface area contributed by atoms with Crippen LogP contribution < -0.4 is 10.2 Å². The number of carbonyl (C=O) groups excluding carboxylic acids is 1. The molecule has 2 atom stereocenters. The van der Waals surface area contributed by atoms with Gasteiger partial charge in [-0.1, -0.05) is 15.9 Å². The van der Waals surface area contributed by atoms with Crippen LogP contribution in [0.15, 0.2) is 51.8 Å². The van der Waals surface area contributed by atoms with Crippen molar-refractivity contribution in [2.24, 2.45) is 0 Å². The van der Waals surface area contributed by atoms with Crippen molar-refractivity contribution in [1.82, 2.24) is 9.79 Å². The van der Waals surface area contributed by atoms with Gasteiger partial charge in [0.15, 0.2) is 0 Å². The first-order valence-electron chi connectivity index (χ1n) is 9.03. The number of hydrogen-bond donors (Lipinski definition) is 3. The Morgan fingerprint density at radius 3 is 2.60 bits per heavy atom. The van der Waals surface area contributed by atoms with Gasteiger partial charge in [-0.3, -0.25) is 10.0 Å². The Balaban J connectivity index is 1.76. The number of benzene rings is 2. The Kier molecular flexibility index (Phi) is 7.09. The van der Waals surface area contributed by atoms with E-state index < -0.39 is 33.9 Å². The Bertz CT molecular complexity index is 1020. The molecule has 0 bridgehead atoms. The van der Waals surface area contributed by atoms with Gasteiger partial charge in [0.2, 0.25) is 10.0 Å². The van der Waals surface area contributed by atoms with Gasteiger partial charge in [0.1, 0.15) is 24.2 Å². The molecule has 1 heterocycles. The van der Waals surface area contributed by atoms with Crippen LogP contribution in [0.2, 0.25) is 0 Å². The lowest BCUT2D eigenvalue weighted by Crippen LogP contribution is -2.54. The summed E-state index contributed by atoms with van der Waals surface area (Å²) in [7, 11) is -4.11. The van der Waals surface area contributed by atoms with Crippen LogP contribution in [-0.2, 0) is 21.4 Å². The number of piperidine rings is 1. The molecule has 2 aromatic carbocycles. The molecular weight excluding hydrogens is 483 g/mol. The molecule has 162 valence electrons. The van der Waals surface area contributed by atoms with Gasteiger partial charge in [-0.15, -0.1) is 0 Å². The van der Waals surface area contributed by atoms with Crippen molar-refractivity contribution in [3.63, 3.8) is 0 Å². The summed E-state index contributed by atoms with van der Waals surface area (Å²) in [5.74, 6) is -0.886. The average molecular weight is 503 g/mol. The molecule has 3 N–H and O–H groups in total. The zero-order valence-electron chi connectivity index (χ0n) is 15.7. The molecule has 1 aliphatic rings. The number of β-amino-alcohol motifs (C(OH)–C–C–N with tert-alkyl or cyclic N) is 1. The van der Waals surface area contributed by atoms with Crippen molar-refractivity contribution in [3.8, 4) is 5.75 Å². The molecule has 1 aliphatic heterocycles. The van der Waals surface area contributed by atoms with Gasteiger partial charge in [0, 0.05) is 16.6 Å². The van der Waals surface area contributed by atoms with E-state index in [-0.39, 0.29) is 30.9 Å². The van der Waals surface area contributed by atoms with Crippen LogP contribution in [0.1, 0.15) is 18.4 Å². The van der Waals surface area contributed by atoms with Gasteiger partial charge in [0.25, 0.3) is 5.91 Å². The first-order valence-corrected chi connectivity index (χ1v) is 11.3. The number of aliphatic hydroxyl groups excluding tert-OH is 1. The highest BCUT2D eigenvalue weighted by Crippen LogP contribution is 2.27. The second-order valence-corrected chi connectivity index (χ2v) is 9.54. The van der Waals surface area contributed by atoms with E-state index in [1.807, 2.05) is 0 Å². The first kappa shape index (κ1) is 22.6. The third kappa shape index (κ3) is 4.98. The number of ether oxygens (including phenoxy) is 1. The number of sulfonamides is 1. The molecule has 0 spiro atoms. The van der Waals surface area contributed by atoms with E-state index in [0.717, 1.165) is 4.31 Å². The quantitative estimate of drug-likeness (QED) is 0.411. The van der Waals surface area contributed by atoms with Crippen LogP contribution in [0.4, 0.5) is 4.39 Å². The Labute approximate surface area is 181 Å². The Morgan fingerprint density at radius 2 is 1.93 bits per heavy atom. The molecule has 11 heteroatoms. The van der Waals surface area contributed by atoms with Gasteiger partial charge in [-0.2, -0.15) is 4.31 Å². The van der Waals surface area contributed by atoms with Crippen LogP contribution in [0.25, 0.3) is 0 Å². The number of hydroxylamine groups is 1. The molecule has 0 aliphatic carbocycles. The Morgan fingerprint density at radius 1 is 1.23 bits per heavy atom. The monoisotopic (exact) mass is 502 g/mol. The van der Waals surface area contributed by atoms with Crippen molar-refractivity contribution in [2.75, 3.05) is 6.54 Å². The maximum absolute atomic E-state index is 13.4. The van der Waals surface area contributed by atoms with Gasteiger partial charge in [-0.05, 0) is 55.3 Å². The molecule has 30 heavy (non-hydrogen) atoms. The number of nitrogens with zero attached hydrogens (tertiary/aromatic N) is 1. The fourth-order valence-corrected chi connectivity index (χ4v) is 5.20. The lowest BCUT2D eigenvalue weighted by atomic mass is 10.0. The lowest BCUT2D eigenvalue weighted by Gasteiger charge is -2.35. The highest BCUT2D eigenvalue weighted by molar-refractivity contribution is 9.10. The SMILES string of the molecule is O=C(NO)[C@H]1CC[C@@H](O)CN1S(=O)(=O)c1ccc(OCc2cc(F)ccc2Br)cc1. The summed E-state index contributed by atoms with van der Waals surface area (Å²) in [6.07, 6.45) is -0.585. The predicted octanol–water partition coefficient (Wildman–Crippen LogP) is 2.19. The number of halogens is 2. The fraction of sp³-hybridized carbons (Fsp3) is 0.316. The topological polar surface area (TPSA) is 116 Å². The van der Waals surface area contributed by atoms with E-state index in [1.165, 1.54) is 41.9 Å². The molecule has 1 saturated heterocycles. The first-order chi connectivity index (χ1) is 14.2. The molecule has 1 amide bonds. The number of rotatable bonds is 6. The minimum atomic E-state index is -4.11. The molecule has 0 unspecified atom stereocenters. The average Bonchev–Trinajstić information content (AvgIpc) is 2.74. The highest BCUT2D eigenvalue weighted by Gasteiger charge is 2.40. The van der Waals surface area contributed by atoms with Crippen LogP contribution in [0.3, 0.4) is 0 Å². The fourth-order valence-electron chi connectivity index (χ4n) is 3.18. The van der Waals surface area contributed by atoms with E-state index >= 15 is 0 Å². The smallest absolute Gasteiger partial charge is 0.261 e. The third-order valence-electron chi connectivity index (χ3n) is 4.76. The molecule has 0 radical (unpaired) electrons. The summed E-state index contributed by atoms with van der Waals surface area (Å²) in [6.45, 7) is -0.187. The summed E-state index contributed by atoms with van der Waals surface area (Å²) in [6, 6.07) is 8.62. The van der Waals surface area contributed by atoms with E-state index in [2.05, 4.69) is 15.9 Å². The Hall–Kier alpha value is -2.05. The highest BCUT2D eigenvalue weighted by atomic mass is 79.9. The normalized spacial score (nSPS) is 20.0. The number of nitrogens with one attached hydrogen (secondary N) is 1. The van der Waals surface area contributed by atoms with E-state index in [9.17, 15) is 22.7 Å². The third-order valence-corrected chi connectivity index (χ3v) is 7.42. The summed E-state index contributed by atoms with van der Waals surface area (Å²) >= 11 is 3.31. The standard InChI is InChI=1S/C19H20BrFN2O6S/c20-17-7-1-13(21)9-12(17)11-29-15-3-5-16(6-4-15)30(27,28)23-10-14(24)2-8-18(23)19(25)22-26/h1,3-7,9,14,18,24,26H,2,8,10-11H2,(H,22,25)/t14-,18-/m1/s1. The second kappa shape index (κ2) is 9.40. The van der Waals surface area contributed by atoms with Crippen LogP contribution in [0.5, 0.6) is 5.75 Å². The predicted molar refractivity (Wildman–Crippen MR) is 108 cm³/mol. The minimum Gasteiger partial charge on any atom is -0.489 e. The van der Waals surface area contributed by atoms with Gasteiger partial charge >= 0.3 is 0 Å². The molecule has 3 rings (SSSR count). The van der Waals surface area contributed by atoms with Crippen molar-refractivity contribution < 1.29 is 32.7 Å². The van der Waals surface area contributed by atoms with Crippen molar-refractivity contribution in [3.05, 3.63) is 58.3 Å². The van der Waals surface area contributed by atoms with Crippen LogP contribution in [0, 0.1) is 5.82 Å². The summed E-state index contributed by atoms with van der Waals surface area (Å²) in [5, 5.41) is 18.8.